The van der Waals surface area contributed by atoms with E-state index in [0.717, 1.165) is 0 Å². The van der Waals surface area contributed by atoms with Gasteiger partial charge in [0, 0.05) is 25.3 Å². The van der Waals surface area contributed by atoms with Gasteiger partial charge in [0.05, 0.1) is 5.02 Å². The van der Waals surface area contributed by atoms with Gasteiger partial charge in [-0.3, -0.25) is 9.59 Å². The van der Waals surface area contributed by atoms with Gasteiger partial charge in [-0.05, 0) is 25.0 Å². The highest BCUT2D eigenvalue weighted by Gasteiger charge is 2.25. The number of pyridine rings is 1. The molecular formula is C14H15ClN6O3. The lowest BCUT2D eigenvalue weighted by atomic mass is 10.1. The van der Waals surface area contributed by atoms with Crippen LogP contribution in [0.4, 0.5) is 11.8 Å². The van der Waals surface area contributed by atoms with Crippen molar-refractivity contribution >= 4 is 35.2 Å². The molecule has 2 aromatic rings. The Morgan fingerprint density at radius 1 is 1.25 bits per heavy atom. The highest BCUT2D eigenvalue weighted by atomic mass is 35.5. The molecule has 1 aliphatic rings. The Labute approximate surface area is 142 Å². The van der Waals surface area contributed by atoms with Gasteiger partial charge < -0.3 is 20.0 Å². The largest absolute Gasteiger partial charge is 0.411 e. The Kier molecular flexibility index (Phi) is 4.90. The second kappa shape index (κ2) is 7.26. The van der Waals surface area contributed by atoms with Crippen molar-refractivity contribution in [3.05, 3.63) is 29.7 Å². The summed E-state index contributed by atoms with van der Waals surface area (Å²) in [4.78, 5) is 29.7. The van der Waals surface area contributed by atoms with Gasteiger partial charge in [-0.1, -0.05) is 16.7 Å². The monoisotopic (exact) mass is 350 g/mol. The predicted octanol–water partition coefficient (Wildman–Crippen LogP) is 0.842. The molecule has 0 atom stereocenters. The van der Waals surface area contributed by atoms with Gasteiger partial charge in [0.2, 0.25) is 6.39 Å². The van der Waals surface area contributed by atoms with Gasteiger partial charge in [0.15, 0.2) is 0 Å². The van der Waals surface area contributed by atoms with Crippen molar-refractivity contribution in [2.24, 2.45) is 0 Å². The van der Waals surface area contributed by atoms with Crippen molar-refractivity contribution in [2.45, 2.75) is 18.9 Å². The molecule has 0 aliphatic carbocycles. The van der Waals surface area contributed by atoms with E-state index in [1.54, 1.807) is 6.07 Å². The highest BCUT2D eigenvalue weighted by molar-refractivity contribution is 6.39. The third kappa shape index (κ3) is 3.99. The van der Waals surface area contributed by atoms with E-state index in [-0.39, 0.29) is 11.9 Å². The van der Waals surface area contributed by atoms with Crippen LogP contribution in [-0.4, -0.2) is 46.1 Å². The van der Waals surface area contributed by atoms with Crippen molar-refractivity contribution in [3.8, 4) is 0 Å². The molecule has 1 fully saturated rings. The summed E-state index contributed by atoms with van der Waals surface area (Å²) in [6, 6.07) is 3.48. The number of piperidine rings is 1. The number of hydrogen-bond donors (Lipinski definition) is 2. The minimum atomic E-state index is -0.760. The lowest BCUT2D eigenvalue weighted by Gasteiger charge is -2.30. The van der Waals surface area contributed by atoms with Crippen LogP contribution in [0.2, 0.25) is 5.02 Å². The zero-order chi connectivity index (χ0) is 16.9. The number of aromatic nitrogens is 3. The Hall–Kier alpha value is -2.68. The van der Waals surface area contributed by atoms with E-state index in [0.29, 0.717) is 37.0 Å². The van der Waals surface area contributed by atoms with E-state index in [1.165, 1.54) is 18.7 Å². The lowest BCUT2D eigenvalue weighted by Crippen LogP contribution is -2.47. The first-order valence-corrected chi connectivity index (χ1v) is 7.74. The molecule has 10 heteroatoms. The van der Waals surface area contributed by atoms with Crippen LogP contribution in [0.3, 0.4) is 0 Å². The molecule has 0 saturated carbocycles. The summed E-state index contributed by atoms with van der Waals surface area (Å²) in [5, 5.41) is 13.1. The predicted molar refractivity (Wildman–Crippen MR) is 85.6 cm³/mol. The summed E-state index contributed by atoms with van der Waals surface area (Å²) in [7, 11) is 0. The Morgan fingerprint density at radius 3 is 2.67 bits per heavy atom. The second-order valence-electron chi connectivity index (χ2n) is 5.27. The van der Waals surface area contributed by atoms with Crippen LogP contribution in [0, 0.1) is 0 Å². The number of carbonyl (C=O) groups is 2. The molecule has 0 unspecified atom stereocenters. The van der Waals surface area contributed by atoms with Crippen molar-refractivity contribution in [1.29, 1.82) is 0 Å². The van der Waals surface area contributed by atoms with Crippen LogP contribution >= 0.6 is 11.6 Å². The average Bonchev–Trinajstić information content (AvgIpc) is 3.12. The van der Waals surface area contributed by atoms with E-state index in [4.69, 9.17) is 16.0 Å². The molecule has 0 aromatic carbocycles. The number of nitrogens with zero attached hydrogens (tertiary/aromatic N) is 4. The number of hydrogen-bond acceptors (Lipinski definition) is 7. The molecule has 2 aromatic heterocycles. The number of carbonyl (C=O) groups excluding carboxylic acids is 2. The van der Waals surface area contributed by atoms with Crippen LogP contribution in [0.5, 0.6) is 0 Å². The van der Waals surface area contributed by atoms with E-state index in [2.05, 4.69) is 25.8 Å². The average molecular weight is 351 g/mol. The van der Waals surface area contributed by atoms with Crippen LogP contribution in [0.25, 0.3) is 0 Å². The molecule has 2 amide bonds. The van der Waals surface area contributed by atoms with Crippen LogP contribution in [0.1, 0.15) is 12.8 Å². The maximum atomic E-state index is 12.0. The standard InChI is InChI=1S/C14H15ClN6O3/c15-9-1-2-11(16-7-9)19-13(23)12(22)18-10-3-5-21(6-4-10)14-20-17-8-24-14/h1-2,7-8,10H,3-6H2,(H,18,22)(H,16,19,23). The van der Waals surface area contributed by atoms with Crippen molar-refractivity contribution in [1.82, 2.24) is 20.5 Å². The van der Waals surface area contributed by atoms with Crippen molar-refractivity contribution in [3.63, 3.8) is 0 Å². The maximum Gasteiger partial charge on any atom is 0.317 e. The third-order valence-corrected chi connectivity index (χ3v) is 3.85. The van der Waals surface area contributed by atoms with Gasteiger partial charge in [-0.25, -0.2) is 4.98 Å². The maximum absolute atomic E-state index is 12.0. The topological polar surface area (TPSA) is 113 Å². The van der Waals surface area contributed by atoms with E-state index >= 15 is 0 Å². The van der Waals surface area contributed by atoms with Gasteiger partial charge in [0.25, 0.3) is 0 Å². The first-order chi connectivity index (χ1) is 11.6. The minimum absolute atomic E-state index is 0.0828. The first kappa shape index (κ1) is 16.2. The lowest BCUT2D eigenvalue weighted by molar-refractivity contribution is -0.136. The molecule has 9 nitrogen and oxygen atoms in total. The fraction of sp³-hybridized carbons (Fsp3) is 0.357. The third-order valence-electron chi connectivity index (χ3n) is 3.62. The summed E-state index contributed by atoms with van der Waals surface area (Å²) in [5.74, 6) is -1.18. The van der Waals surface area contributed by atoms with E-state index in [9.17, 15) is 9.59 Å². The first-order valence-electron chi connectivity index (χ1n) is 7.36. The van der Waals surface area contributed by atoms with Crippen LogP contribution < -0.4 is 15.5 Å². The number of anilines is 2. The summed E-state index contributed by atoms with van der Waals surface area (Å²) in [5.41, 5.74) is 0. The molecule has 0 spiro atoms. The molecule has 1 aliphatic heterocycles. The smallest absolute Gasteiger partial charge is 0.317 e. The van der Waals surface area contributed by atoms with Gasteiger partial charge in [0.1, 0.15) is 5.82 Å². The molecule has 24 heavy (non-hydrogen) atoms. The molecule has 3 rings (SSSR count). The highest BCUT2D eigenvalue weighted by Crippen LogP contribution is 2.17. The molecular weight excluding hydrogens is 336 g/mol. The van der Waals surface area contributed by atoms with Gasteiger partial charge in [-0.15, -0.1) is 5.10 Å². The van der Waals surface area contributed by atoms with Crippen LogP contribution in [0.15, 0.2) is 29.1 Å². The zero-order valence-electron chi connectivity index (χ0n) is 12.6. The Balaban J connectivity index is 1.46. The van der Waals surface area contributed by atoms with Crippen molar-refractivity contribution in [2.75, 3.05) is 23.3 Å². The zero-order valence-corrected chi connectivity index (χ0v) is 13.4. The molecule has 1 saturated heterocycles. The van der Waals surface area contributed by atoms with E-state index in [1.807, 2.05) is 4.90 Å². The summed E-state index contributed by atoms with van der Waals surface area (Å²) < 4.78 is 5.14. The Morgan fingerprint density at radius 2 is 2.04 bits per heavy atom. The number of halogens is 1. The van der Waals surface area contributed by atoms with Gasteiger partial charge in [-0.2, -0.15) is 0 Å². The molecule has 126 valence electrons. The van der Waals surface area contributed by atoms with Gasteiger partial charge >= 0.3 is 17.8 Å². The minimum Gasteiger partial charge on any atom is -0.411 e. The fourth-order valence-corrected chi connectivity index (χ4v) is 2.51. The second-order valence-corrected chi connectivity index (χ2v) is 5.71. The van der Waals surface area contributed by atoms with Crippen LogP contribution in [-0.2, 0) is 9.59 Å². The normalized spacial score (nSPS) is 15.1. The number of rotatable bonds is 3. The number of amides is 2. The summed E-state index contributed by atoms with van der Waals surface area (Å²) in [6.07, 6.45) is 4.03. The SMILES string of the molecule is O=C(Nc1ccc(Cl)cn1)C(=O)NC1CCN(c2nnco2)CC1. The van der Waals surface area contributed by atoms with E-state index < -0.39 is 11.8 Å². The molecule has 0 bridgehead atoms. The molecule has 0 radical (unpaired) electrons. The molecule has 2 N–H and O–H groups in total. The summed E-state index contributed by atoms with van der Waals surface area (Å²) in [6.45, 7) is 1.32. The quantitative estimate of drug-likeness (QED) is 0.788. The molecule has 3 heterocycles. The summed E-state index contributed by atoms with van der Waals surface area (Å²) >= 11 is 5.71. The Bertz CT molecular complexity index is 698. The van der Waals surface area contributed by atoms with Crippen molar-refractivity contribution < 1.29 is 14.0 Å². The fourth-order valence-electron chi connectivity index (χ4n) is 2.39. The number of nitrogens with one attached hydrogen (secondary N) is 2.